The van der Waals surface area contributed by atoms with Crippen LogP contribution in [0.3, 0.4) is 0 Å². The number of hydrogen-bond donors (Lipinski definition) is 2. The molecule has 3 heteroatoms. The molecular weight excluding hydrogens is 230 g/mol. The third-order valence-electron chi connectivity index (χ3n) is 2.06. The predicted molar refractivity (Wildman–Crippen MR) is 56.9 cm³/mol. The molecule has 0 aliphatic carbocycles. The number of rotatable bonds is 2. The summed E-state index contributed by atoms with van der Waals surface area (Å²) in [5.74, 6) is 0. The third-order valence-corrected chi connectivity index (χ3v) is 2.39. The molecule has 0 spiro atoms. The summed E-state index contributed by atoms with van der Waals surface area (Å²) in [7, 11) is 0. The van der Waals surface area contributed by atoms with Gasteiger partial charge >= 0.3 is 0 Å². The van der Waals surface area contributed by atoms with E-state index in [1.54, 1.807) is 0 Å². The minimum absolute atomic E-state index is 0.466. The minimum Gasteiger partial charge on any atom is -0.382 e. The van der Waals surface area contributed by atoms with E-state index in [-0.39, 0.29) is 0 Å². The van der Waals surface area contributed by atoms with Crippen molar-refractivity contribution in [1.82, 2.24) is 4.98 Å². The van der Waals surface area contributed by atoms with Gasteiger partial charge in [0.25, 0.3) is 0 Å². The van der Waals surface area contributed by atoms with Crippen molar-refractivity contribution in [3.05, 3.63) is 36.0 Å². The van der Waals surface area contributed by atoms with Gasteiger partial charge in [-0.2, -0.15) is 0 Å². The number of para-hydroxylation sites is 1. The summed E-state index contributed by atoms with van der Waals surface area (Å²) in [5.41, 5.74) is 2.26. The first-order chi connectivity index (χ1) is 6.27. The van der Waals surface area contributed by atoms with Crippen molar-refractivity contribution in [3.63, 3.8) is 0 Å². The Kier molecular flexibility index (Phi) is 2.38. The van der Waals surface area contributed by atoms with Crippen LogP contribution in [0.25, 0.3) is 10.9 Å². The molecule has 0 fully saturated rings. The van der Waals surface area contributed by atoms with Crippen LogP contribution in [-0.2, 0) is 6.42 Å². The van der Waals surface area contributed by atoms with Gasteiger partial charge in [-0.05, 0) is 11.6 Å². The van der Waals surface area contributed by atoms with Gasteiger partial charge in [0.05, 0.1) is 0 Å². The first kappa shape index (κ1) is 8.78. The van der Waals surface area contributed by atoms with E-state index in [9.17, 15) is 5.11 Å². The molecule has 0 saturated carbocycles. The number of alkyl halides is 1. The Balaban J connectivity index is 2.46. The Morgan fingerprint density at radius 1 is 1.38 bits per heavy atom. The smallest absolute Gasteiger partial charge is 0.113 e. The van der Waals surface area contributed by atoms with Crippen molar-refractivity contribution in [2.75, 3.05) is 0 Å². The summed E-state index contributed by atoms with van der Waals surface area (Å²) in [6, 6.07) is 8.07. The molecule has 1 aromatic carbocycles. The van der Waals surface area contributed by atoms with Gasteiger partial charge in [0.1, 0.15) is 5.01 Å². The van der Waals surface area contributed by atoms with Gasteiger partial charge in [0.15, 0.2) is 0 Å². The van der Waals surface area contributed by atoms with Gasteiger partial charge in [-0.1, -0.05) is 34.1 Å². The van der Waals surface area contributed by atoms with Crippen molar-refractivity contribution >= 4 is 26.8 Å². The monoisotopic (exact) mass is 239 g/mol. The molecule has 68 valence electrons. The fourth-order valence-electron chi connectivity index (χ4n) is 1.48. The quantitative estimate of drug-likeness (QED) is 0.777. The van der Waals surface area contributed by atoms with E-state index in [0.717, 1.165) is 11.1 Å². The standard InChI is InChI=1S/C10H10BrNO/c11-10(13)5-7-6-12-9-4-2-1-3-8(7)9/h1-4,6,10,12-13H,5H2. The first-order valence-corrected chi connectivity index (χ1v) is 5.06. The van der Waals surface area contributed by atoms with Crippen LogP contribution in [0.4, 0.5) is 0 Å². The van der Waals surface area contributed by atoms with E-state index in [1.807, 2.05) is 24.4 Å². The number of benzene rings is 1. The van der Waals surface area contributed by atoms with Gasteiger partial charge in [-0.15, -0.1) is 0 Å². The average molecular weight is 240 g/mol. The summed E-state index contributed by atoms with van der Waals surface area (Å²) in [6.45, 7) is 0. The van der Waals surface area contributed by atoms with Crippen molar-refractivity contribution in [3.8, 4) is 0 Å². The van der Waals surface area contributed by atoms with E-state index in [1.165, 1.54) is 5.39 Å². The Morgan fingerprint density at radius 3 is 2.92 bits per heavy atom. The van der Waals surface area contributed by atoms with Crippen molar-refractivity contribution in [2.45, 2.75) is 11.4 Å². The molecule has 1 atom stereocenters. The minimum atomic E-state index is -0.466. The normalized spacial score (nSPS) is 13.4. The van der Waals surface area contributed by atoms with Gasteiger partial charge < -0.3 is 10.1 Å². The van der Waals surface area contributed by atoms with Crippen LogP contribution in [0.2, 0.25) is 0 Å². The van der Waals surface area contributed by atoms with E-state index in [0.29, 0.717) is 6.42 Å². The highest BCUT2D eigenvalue weighted by molar-refractivity contribution is 9.09. The highest BCUT2D eigenvalue weighted by atomic mass is 79.9. The van der Waals surface area contributed by atoms with E-state index < -0.39 is 5.01 Å². The van der Waals surface area contributed by atoms with Crippen LogP contribution < -0.4 is 0 Å². The zero-order valence-corrected chi connectivity index (χ0v) is 8.58. The Hall–Kier alpha value is -0.800. The molecule has 1 unspecified atom stereocenters. The molecule has 1 heterocycles. The third kappa shape index (κ3) is 1.76. The number of H-pyrrole nitrogens is 1. The maximum absolute atomic E-state index is 9.19. The average Bonchev–Trinajstić information content (AvgIpc) is 2.48. The Labute approximate surface area is 84.7 Å². The fraction of sp³-hybridized carbons (Fsp3) is 0.200. The molecular formula is C10H10BrNO. The van der Waals surface area contributed by atoms with Crippen LogP contribution in [0.5, 0.6) is 0 Å². The predicted octanol–water partition coefficient (Wildman–Crippen LogP) is 2.42. The topological polar surface area (TPSA) is 36.0 Å². The van der Waals surface area contributed by atoms with Crippen molar-refractivity contribution < 1.29 is 5.11 Å². The molecule has 0 bridgehead atoms. The highest BCUT2D eigenvalue weighted by Crippen LogP contribution is 2.19. The Morgan fingerprint density at radius 2 is 2.15 bits per heavy atom. The molecule has 0 amide bonds. The number of aromatic nitrogens is 1. The van der Waals surface area contributed by atoms with E-state index in [2.05, 4.69) is 27.0 Å². The lowest BCUT2D eigenvalue weighted by Gasteiger charge is -1.99. The number of aromatic amines is 1. The maximum Gasteiger partial charge on any atom is 0.113 e. The molecule has 1 aromatic heterocycles. The lowest BCUT2D eigenvalue weighted by Crippen LogP contribution is -1.98. The fourth-order valence-corrected chi connectivity index (χ4v) is 1.83. The summed E-state index contributed by atoms with van der Waals surface area (Å²) in [5, 5.41) is 9.90. The summed E-state index contributed by atoms with van der Waals surface area (Å²) >= 11 is 3.12. The number of aliphatic hydroxyl groups is 1. The van der Waals surface area contributed by atoms with Crippen LogP contribution in [-0.4, -0.2) is 15.1 Å². The van der Waals surface area contributed by atoms with Crippen LogP contribution in [0.15, 0.2) is 30.5 Å². The van der Waals surface area contributed by atoms with Crippen molar-refractivity contribution in [1.29, 1.82) is 0 Å². The summed E-state index contributed by atoms with van der Waals surface area (Å²) < 4.78 is 0. The lowest BCUT2D eigenvalue weighted by molar-refractivity contribution is 0.271. The molecule has 2 aromatic rings. The summed E-state index contributed by atoms with van der Waals surface area (Å²) in [4.78, 5) is 3.16. The summed E-state index contributed by atoms with van der Waals surface area (Å²) in [6.07, 6.45) is 2.57. The maximum atomic E-state index is 9.19. The lowest BCUT2D eigenvalue weighted by atomic mass is 10.1. The molecule has 0 radical (unpaired) electrons. The first-order valence-electron chi connectivity index (χ1n) is 4.14. The molecule has 2 N–H and O–H groups in total. The number of fused-ring (bicyclic) bond motifs is 1. The van der Waals surface area contributed by atoms with Gasteiger partial charge in [-0.25, -0.2) is 0 Å². The van der Waals surface area contributed by atoms with Gasteiger partial charge in [0.2, 0.25) is 0 Å². The molecule has 2 nitrogen and oxygen atoms in total. The number of aliphatic hydroxyl groups excluding tert-OH is 1. The Bertz CT molecular complexity index is 408. The second-order valence-corrected chi connectivity index (χ2v) is 4.06. The molecule has 0 aliphatic rings. The number of hydrogen-bond acceptors (Lipinski definition) is 1. The number of halogens is 1. The highest BCUT2D eigenvalue weighted by Gasteiger charge is 2.05. The van der Waals surface area contributed by atoms with Gasteiger partial charge in [0, 0.05) is 23.5 Å². The second kappa shape index (κ2) is 3.52. The molecule has 0 aliphatic heterocycles. The number of nitrogens with one attached hydrogen (secondary N) is 1. The zero-order chi connectivity index (χ0) is 9.26. The van der Waals surface area contributed by atoms with Crippen molar-refractivity contribution in [2.24, 2.45) is 0 Å². The van der Waals surface area contributed by atoms with E-state index in [4.69, 9.17) is 0 Å². The SMILES string of the molecule is OC(Br)Cc1c[nH]c2ccccc12. The zero-order valence-electron chi connectivity index (χ0n) is 7.00. The van der Waals surface area contributed by atoms with Crippen LogP contribution >= 0.6 is 15.9 Å². The molecule has 0 saturated heterocycles. The van der Waals surface area contributed by atoms with Crippen LogP contribution in [0.1, 0.15) is 5.56 Å². The largest absolute Gasteiger partial charge is 0.382 e. The van der Waals surface area contributed by atoms with Gasteiger partial charge in [-0.3, -0.25) is 0 Å². The molecule has 13 heavy (non-hydrogen) atoms. The van der Waals surface area contributed by atoms with E-state index >= 15 is 0 Å². The second-order valence-electron chi connectivity index (χ2n) is 3.00. The molecule has 2 rings (SSSR count). The van der Waals surface area contributed by atoms with Crippen LogP contribution in [0, 0.1) is 0 Å².